The molecular weight excluding hydrogens is 314 g/mol. The first kappa shape index (κ1) is 19.5. The third-order valence-corrected chi connectivity index (χ3v) is 4.26. The molecule has 25 heavy (non-hydrogen) atoms. The molecule has 1 heterocycles. The average Bonchev–Trinajstić information content (AvgIpc) is 2.58. The zero-order valence-corrected chi connectivity index (χ0v) is 15.7. The second-order valence-corrected chi connectivity index (χ2v) is 7.59. The Balaban J connectivity index is 1.56. The van der Waals surface area contributed by atoms with Crippen molar-refractivity contribution in [2.45, 2.75) is 45.6 Å². The highest BCUT2D eigenvalue weighted by Gasteiger charge is 2.26. The zero-order chi connectivity index (χ0) is 18.1. The summed E-state index contributed by atoms with van der Waals surface area (Å²) < 4.78 is 11.1. The number of hydrogen-bond donors (Lipinski definition) is 0. The lowest BCUT2D eigenvalue weighted by molar-refractivity contribution is 0.0170. The zero-order valence-electron chi connectivity index (χ0n) is 15.7. The lowest BCUT2D eigenvalue weighted by atomic mass is 9.94. The number of piperidine rings is 1. The van der Waals surface area contributed by atoms with Crippen molar-refractivity contribution < 1.29 is 14.3 Å². The van der Waals surface area contributed by atoms with E-state index in [0.29, 0.717) is 12.5 Å². The Morgan fingerprint density at radius 3 is 2.52 bits per heavy atom. The molecule has 0 saturated carbocycles. The van der Waals surface area contributed by atoms with Crippen LogP contribution in [0.15, 0.2) is 36.4 Å². The van der Waals surface area contributed by atoms with Crippen LogP contribution in [0.5, 0.6) is 0 Å². The molecule has 0 unspecified atom stereocenters. The van der Waals surface area contributed by atoms with Gasteiger partial charge in [0.25, 0.3) is 0 Å². The Hall–Kier alpha value is -1.81. The van der Waals surface area contributed by atoms with E-state index < -0.39 is 5.60 Å². The molecule has 0 aromatic heterocycles. The molecule has 0 bridgehead atoms. The van der Waals surface area contributed by atoms with E-state index in [-0.39, 0.29) is 6.09 Å². The first-order chi connectivity index (χ1) is 11.9. The van der Waals surface area contributed by atoms with Gasteiger partial charge in [0.1, 0.15) is 5.60 Å². The molecule has 0 atom stereocenters. The van der Waals surface area contributed by atoms with Crippen LogP contribution in [0, 0.1) is 5.92 Å². The lowest BCUT2D eigenvalue weighted by Gasteiger charge is -2.33. The van der Waals surface area contributed by atoms with E-state index in [2.05, 4.69) is 24.3 Å². The molecule has 0 spiro atoms. The Bertz CT molecular complexity index is 540. The van der Waals surface area contributed by atoms with Crippen LogP contribution < -0.4 is 0 Å². The van der Waals surface area contributed by atoms with Crippen molar-refractivity contribution in [2.75, 3.05) is 26.3 Å². The van der Waals surface area contributed by atoms with Gasteiger partial charge in [0.2, 0.25) is 0 Å². The summed E-state index contributed by atoms with van der Waals surface area (Å²) in [4.78, 5) is 13.9. The van der Waals surface area contributed by atoms with E-state index in [0.717, 1.165) is 39.0 Å². The molecule has 1 saturated heterocycles. The Morgan fingerprint density at radius 2 is 1.88 bits per heavy atom. The number of rotatable bonds is 6. The van der Waals surface area contributed by atoms with Gasteiger partial charge in [-0.15, -0.1) is 0 Å². The summed E-state index contributed by atoms with van der Waals surface area (Å²) in [6.07, 6.45) is 7.07. The Labute approximate surface area is 151 Å². The molecule has 0 aliphatic carbocycles. The first-order valence-corrected chi connectivity index (χ1v) is 9.21. The molecule has 138 valence electrons. The smallest absolute Gasteiger partial charge is 0.410 e. The Kier molecular flexibility index (Phi) is 7.51. The van der Waals surface area contributed by atoms with Gasteiger partial charge in [-0.3, -0.25) is 0 Å². The third-order valence-electron chi connectivity index (χ3n) is 4.26. The third kappa shape index (κ3) is 7.74. The molecule has 1 fully saturated rings. The van der Waals surface area contributed by atoms with Crippen LogP contribution in [0.1, 0.15) is 45.6 Å². The Morgan fingerprint density at radius 1 is 1.20 bits per heavy atom. The van der Waals surface area contributed by atoms with Crippen molar-refractivity contribution in [2.24, 2.45) is 5.92 Å². The van der Waals surface area contributed by atoms with Crippen LogP contribution in [-0.2, 0) is 9.47 Å². The number of hydrogen-bond acceptors (Lipinski definition) is 3. The summed E-state index contributed by atoms with van der Waals surface area (Å²) >= 11 is 0. The summed E-state index contributed by atoms with van der Waals surface area (Å²) in [6, 6.07) is 10.2. The van der Waals surface area contributed by atoms with Gasteiger partial charge in [-0.1, -0.05) is 42.5 Å². The van der Waals surface area contributed by atoms with E-state index in [9.17, 15) is 4.79 Å². The molecule has 4 heteroatoms. The first-order valence-electron chi connectivity index (χ1n) is 9.21. The van der Waals surface area contributed by atoms with E-state index >= 15 is 0 Å². The molecule has 0 N–H and O–H groups in total. The largest absolute Gasteiger partial charge is 0.444 e. The monoisotopic (exact) mass is 345 g/mol. The summed E-state index contributed by atoms with van der Waals surface area (Å²) in [5.74, 6) is 0.636. The van der Waals surface area contributed by atoms with Crippen molar-refractivity contribution in [3.05, 3.63) is 42.0 Å². The van der Waals surface area contributed by atoms with Crippen molar-refractivity contribution in [1.82, 2.24) is 4.90 Å². The second-order valence-electron chi connectivity index (χ2n) is 7.59. The summed E-state index contributed by atoms with van der Waals surface area (Å²) in [6.45, 7) is 8.70. The standard InChI is InChI=1S/C21H31NO3/c1-21(2,3)25-20(23)22-14-11-19(12-15-22)13-17-24-16-7-10-18-8-5-4-6-9-18/h4-10,19H,11-17H2,1-3H3. The van der Waals surface area contributed by atoms with Crippen LogP contribution in [-0.4, -0.2) is 42.9 Å². The highest BCUT2D eigenvalue weighted by molar-refractivity contribution is 5.68. The van der Waals surface area contributed by atoms with Gasteiger partial charge in [-0.2, -0.15) is 0 Å². The number of carbonyl (C=O) groups excluding carboxylic acids is 1. The molecule has 1 aliphatic rings. The summed E-state index contributed by atoms with van der Waals surface area (Å²) in [5.41, 5.74) is 0.773. The van der Waals surface area contributed by atoms with Crippen molar-refractivity contribution >= 4 is 12.2 Å². The van der Waals surface area contributed by atoms with E-state index in [1.165, 1.54) is 5.56 Å². The normalized spacial score (nSPS) is 16.4. The van der Waals surface area contributed by atoms with Gasteiger partial charge in [-0.25, -0.2) is 4.79 Å². The predicted octanol–water partition coefficient (Wildman–Crippen LogP) is 4.75. The van der Waals surface area contributed by atoms with Gasteiger partial charge in [-0.05, 0) is 51.5 Å². The molecule has 1 aromatic rings. The second kappa shape index (κ2) is 9.62. The average molecular weight is 345 g/mol. The predicted molar refractivity (Wildman–Crippen MR) is 101 cm³/mol. The molecule has 1 aromatic carbocycles. The number of carbonyl (C=O) groups is 1. The number of amides is 1. The molecule has 4 nitrogen and oxygen atoms in total. The number of benzene rings is 1. The van der Waals surface area contributed by atoms with Gasteiger partial charge in [0.15, 0.2) is 0 Å². The lowest BCUT2D eigenvalue weighted by Crippen LogP contribution is -2.41. The van der Waals surface area contributed by atoms with Crippen LogP contribution in [0.4, 0.5) is 4.79 Å². The maximum atomic E-state index is 12.0. The molecule has 1 aliphatic heterocycles. The topological polar surface area (TPSA) is 38.8 Å². The van der Waals surface area contributed by atoms with Crippen molar-refractivity contribution in [1.29, 1.82) is 0 Å². The highest BCUT2D eigenvalue weighted by atomic mass is 16.6. The SMILES string of the molecule is CC(C)(C)OC(=O)N1CCC(CCOCC=Cc2ccccc2)CC1. The maximum Gasteiger partial charge on any atom is 0.410 e. The minimum atomic E-state index is -0.422. The van der Waals surface area contributed by atoms with E-state index in [4.69, 9.17) is 9.47 Å². The summed E-state index contributed by atoms with van der Waals surface area (Å²) in [5, 5.41) is 0. The highest BCUT2D eigenvalue weighted by Crippen LogP contribution is 2.22. The van der Waals surface area contributed by atoms with Gasteiger partial charge in [0, 0.05) is 19.7 Å². The van der Waals surface area contributed by atoms with Crippen molar-refractivity contribution in [3.63, 3.8) is 0 Å². The minimum Gasteiger partial charge on any atom is -0.444 e. The van der Waals surface area contributed by atoms with Gasteiger partial charge < -0.3 is 14.4 Å². The van der Waals surface area contributed by atoms with Crippen molar-refractivity contribution in [3.8, 4) is 0 Å². The number of nitrogens with zero attached hydrogens (tertiary/aromatic N) is 1. The fourth-order valence-corrected chi connectivity index (χ4v) is 2.88. The van der Waals surface area contributed by atoms with Crippen LogP contribution in [0.2, 0.25) is 0 Å². The molecule has 1 amide bonds. The summed E-state index contributed by atoms with van der Waals surface area (Å²) in [7, 11) is 0. The van der Waals surface area contributed by atoms with E-state index in [1.807, 2.05) is 43.9 Å². The molecule has 2 rings (SSSR count). The van der Waals surface area contributed by atoms with Gasteiger partial charge >= 0.3 is 6.09 Å². The molecule has 0 radical (unpaired) electrons. The minimum absolute atomic E-state index is 0.187. The van der Waals surface area contributed by atoms with Crippen LogP contribution >= 0.6 is 0 Å². The van der Waals surface area contributed by atoms with Gasteiger partial charge in [0.05, 0.1) is 6.61 Å². The fraction of sp³-hybridized carbons (Fsp3) is 0.571. The number of likely N-dealkylation sites (tertiary alicyclic amines) is 1. The van der Waals surface area contributed by atoms with Crippen LogP contribution in [0.25, 0.3) is 6.08 Å². The van der Waals surface area contributed by atoms with Crippen LogP contribution in [0.3, 0.4) is 0 Å². The quantitative estimate of drug-likeness (QED) is 0.698. The fourth-order valence-electron chi connectivity index (χ4n) is 2.88. The van der Waals surface area contributed by atoms with E-state index in [1.54, 1.807) is 0 Å². The molecular formula is C21H31NO3. The maximum absolute atomic E-state index is 12.0. The number of ether oxygens (including phenoxy) is 2.